The molecule has 1 atom stereocenters. The summed E-state index contributed by atoms with van der Waals surface area (Å²) in [7, 11) is 0. The molecule has 18 heavy (non-hydrogen) atoms. The minimum absolute atomic E-state index is 0.132. The van der Waals surface area contributed by atoms with Gasteiger partial charge in [0.15, 0.2) is 5.75 Å². The summed E-state index contributed by atoms with van der Waals surface area (Å²) >= 11 is 0. The van der Waals surface area contributed by atoms with Crippen molar-refractivity contribution in [3.63, 3.8) is 0 Å². The molecule has 100 valence electrons. The van der Waals surface area contributed by atoms with Crippen LogP contribution in [0.1, 0.15) is 26.7 Å². The van der Waals surface area contributed by atoms with Gasteiger partial charge in [-0.05, 0) is 45.4 Å². The molecule has 1 aromatic rings. The van der Waals surface area contributed by atoms with Gasteiger partial charge in [0, 0.05) is 18.7 Å². The molecule has 0 spiro atoms. The summed E-state index contributed by atoms with van der Waals surface area (Å²) in [6, 6.07) is 3.77. The van der Waals surface area contributed by atoms with Gasteiger partial charge in [0.1, 0.15) is 0 Å². The van der Waals surface area contributed by atoms with Crippen molar-refractivity contribution >= 4 is 0 Å². The largest absolute Gasteiger partial charge is 0.485 e. The van der Waals surface area contributed by atoms with Crippen molar-refractivity contribution in [1.82, 2.24) is 10.3 Å². The highest BCUT2D eigenvalue weighted by Crippen LogP contribution is 2.25. The summed E-state index contributed by atoms with van der Waals surface area (Å²) in [6.07, 6.45) is 4.32. The molecule has 1 aromatic heterocycles. The Kier molecular flexibility index (Phi) is 4.81. The number of nitrogens with zero attached hydrogens (tertiary/aromatic N) is 1. The molecule has 1 fully saturated rings. The lowest BCUT2D eigenvalue weighted by Crippen LogP contribution is -2.33. The molecule has 2 rings (SSSR count). The summed E-state index contributed by atoms with van der Waals surface area (Å²) < 4.78 is 11.5. The predicted molar refractivity (Wildman–Crippen MR) is 71.1 cm³/mol. The van der Waals surface area contributed by atoms with Gasteiger partial charge in [-0.2, -0.15) is 0 Å². The third-order valence-corrected chi connectivity index (χ3v) is 2.95. The van der Waals surface area contributed by atoms with Crippen molar-refractivity contribution in [2.75, 3.05) is 19.7 Å². The van der Waals surface area contributed by atoms with E-state index in [2.05, 4.69) is 10.3 Å². The molecule has 1 aliphatic rings. The van der Waals surface area contributed by atoms with Crippen molar-refractivity contribution in [2.45, 2.75) is 32.8 Å². The summed E-state index contributed by atoms with van der Waals surface area (Å²) in [4.78, 5) is 4.25. The number of hydrogen-bond donors (Lipinski definition) is 1. The molecule has 1 aliphatic heterocycles. The van der Waals surface area contributed by atoms with E-state index < -0.39 is 0 Å². The molecule has 2 heterocycles. The van der Waals surface area contributed by atoms with Crippen molar-refractivity contribution < 1.29 is 9.47 Å². The van der Waals surface area contributed by atoms with Crippen LogP contribution in [0.2, 0.25) is 0 Å². The molecule has 0 radical (unpaired) electrons. The number of nitrogens with one attached hydrogen (secondary N) is 1. The first kappa shape index (κ1) is 13.1. The van der Waals surface area contributed by atoms with Crippen LogP contribution in [0.15, 0.2) is 18.3 Å². The van der Waals surface area contributed by atoms with Crippen LogP contribution >= 0.6 is 0 Å². The lowest BCUT2D eigenvalue weighted by molar-refractivity contribution is 0.186. The maximum absolute atomic E-state index is 5.80. The Labute approximate surface area is 109 Å². The van der Waals surface area contributed by atoms with Gasteiger partial charge in [-0.15, -0.1) is 0 Å². The second kappa shape index (κ2) is 6.59. The van der Waals surface area contributed by atoms with Crippen molar-refractivity contribution in [3.8, 4) is 11.6 Å². The zero-order chi connectivity index (χ0) is 12.8. The SMILES string of the molecule is CC(C)Oc1cccnc1OCC1CCCNC1. The van der Waals surface area contributed by atoms with E-state index >= 15 is 0 Å². The monoisotopic (exact) mass is 250 g/mol. The Bertz CT molecular complexity index is 363. The van der Waals surface area contributed by atoms with E-state index in [-0.39, 0.29) is 6.10 Å². The minimum atomic E-state index is 0.132. The lowest BCUT2D eigenvalue weighted by atomic mass is 10.0. The number of ether oxygens (including phenoxy) is 2. The number of pyridine rings is 1. The highest BCUT2D eigenvalue weighted by molar-refractivity contribution is 5.32. The van der Waals surface area contributed by atoms with Crippen LogP contribution in [0.25, 0.3) is 0 Å². The third kappa shape index (κ3) is 3.88. The molecule has 1 saturated heterocycles. The number of hydrogen-bond acceptors (Lipinski definition) is 4. The first-order valence-electron chi connectivity index (χ1n) is 6.71. The Morgan fingerprint density at radius 2 is 2.39 bits per heavy atom. The van der Waals surface area contributed by atoms with Gasteiger partial charge in [0.05, 0.1) is 12.7 Å². The fourth-order valence-electron chi connectivity index (χ4n) is 2.09. The summed E-state index contributed by atoms with van der Waals surface area (Å²) in [5.41, 5.74) is 0. The average molecular weight is 250 g/mol. The van der Waals surface area contributed by atoms with Crippen LogP contribution in [-0.4, -0.2) is 30.8 Å². The van der Waals surface area contributed by atoms with Gasteiger partial charge in [0.25, 0.3) is 5.88 Å². The Hall–Kier alpha value is -1.29. The fourth-order valence-corrected chi connectivity index (χ4v) is 2.09. The quantitative estimate of drug-likeness (QED) is 0.870. The first-order valence-corrected chi connectivity index (χ1v) is 6.71. The van der Waals surface area contributed by atoms with Gasteiger partial charge < -0.3 is 14.8 Å². The molecule has 0 saturated carbocycles. The zero-order valence-corrected chi connectivity index (χ0v) is 11.2. The molecule has 0 bridgehead atoms. The van der Waals surface area contributed by atoms with Crippen molar-refractivity contribution in [1.29, 1.82) is 0 Å². The van der Waals surface area contributed by atoms with Crippen LogP contribution in [0, 0.1) is 5.92 Å². The first-order chi connectivity index (χ1) is 8.75. The van der Waals surface area contributed by atoms with E-state index in [1.807, 2.05) is 26.0 Å². The summed E-state index contributed by atoms with van der Waals surface area (Å²) in [6.45, 7) is 6.87. The standard InChI is InChI=1S/C14H22N2O2/c1-11(2)18-13-6-4-8-16-14(13)17-10-12-5-3-7-15-9-12/h4,6,8,11-12,15H,3,5,7,9-10H2,1-2H3. The maximum Gasteiger partial charge on any atom is 0.257 e. The Morgan fingerprint density at radius 3 is 3.11 bits per heavy atom. The molecule has 0 aliphatic carbocycles. The molecule has 4 heteroatoms. The molecule has 0 amide bonds. The third-order valence-electron chi connectivity index (χ3n) is 2.95. The van der Waals surface area contributed by atoms with Crippen molar-refractivity contribution in [2.24, 2.45) is 5.92 Å². The molecule has 1 unspecified atom stereocenters. The Morgan fingerprint density at radius 1 is 1.50 bits per heavy atom. The average Bonchev–Trinajstić information content (AvgIpc) is 2.38. The van der Waals surface area contributed by atoms with E-state index in [0.29, 0.717) is 18.4 Å². The fraction of sp³-hybridized carbons (Fsp3) is 0.643. The van der Waals surface area contributed by atoms with E-state index in [0.717, 1.165) is 18.8 Å². The molecular formula is C14H22N2O2. The minimum Gasteiger partial charge on any atom is -0.485 e. The van der Waals surface area contributed by atoms with E-state index in [1.54, 1.807) is 6.20 Å². The normalized spacial score (nSPS) is 19.8. The number of piperidine rings is 1. The highest BCUT2D eigenvalue weighted by atomic mass is 16.5. The van der Waals surface area contributed by atoms with Gasteiger partial charge in [-0.1, -0.05) is 0 Å². The molecule has 0 aromatic carbocycles. The zero-order valence-electron chi connectivity index (χ0n) is 11.2. The predicted octanol–water partition coefficient (Wildman–Crippen LogP) is 2.25. The molecule has 1 N–H and O–H groups in total. The summed E-state index contributed by atoms with van der Waals surface area (Å²) in [5.74, 6) is 1.92. The maximum atomic E-state index is 5.80. The lowest BCUT2D eigenvalue weighted by Gasteiger charge is -2.23. The second-order valence-electron chi connectivity index (χ2n) is 5.00. The van der Waals surface area contributed by atoms with Crippen molar-refractivity contribution in [3.05, 3.63) is 18.3 Å². The van der Waals surface area contributed by atoms with Gasteiger partial charge in [-0.25, -0.2) is 4.98 Å². The van der Waals surface area contributed by atoms with E-state index in [4.69, 9.17) is 9.47 Å². The summed E-state index contributed by atoms with van der Waals surface area (Å²) in [5, 5.41) is 3.39. The van der Waals surface area contributed by atoms with E-state index in [9.17, 15) is 0 Å². The van der Waals surface area contributed by atoms with Crippen LogP contribution in [0.5, 0.6) is 11.6 Å². The second-order valence-corrected chi connectivity index (χ2v) is 5.00. The van der Waals surface area contributed by atoms with Gasteiger partial charge >= 0.3 is 0 Å². The molecule has 4 nitrogen and oxygen atoms in total. The number of aromatic nitrogens is 1. The molecular weight excluding hydrogens is 228 g/mol. The highest BCUT2D eigenvalue weighted by Gasteiger charge is 2.15. The van der Waals surface area contributed by atoms with Crippen LogP contribution in [0.3, 0.4) is 0 Å². The van der Waals surface area contributed by atoms with Gasteiger partial charge in [-0.3, -0.25) is 0 Å². The van der Waals surface area contributed by atoms with Crippen LogP contribution in [-0.2, 0) is 0 Å². The smallest absolute Gasteiger partial charge is 0.257 e. The van der Waals surface area contributed by atoms with E-state index in [1.165, 1.54) is 12.8 Å². The topological polar surface area (TPSA) is 43.4 Å². The van der Waals surface area contributed by atoms with Crippen LogP contribution in [0.4, 0.5) is 0 Å². The van der Waals surface area contributed by atoms with Gasteiger partial charge in [0.2, 0.25) is 0 Å². The Balaban J connectivity index is 1.91. The number of rotatable bonds is 5. The van der Waals surface area contributed by atoms with Crippen LogP contribution < -0.4 is 14.8 Å².